The number of halogens is 1. The van der Waals surface area contributed by atoms with Gasteiger partial charge in [-0.15, -0.1) is 0 Å². The molecule has 1 amide bonds. The first kappa shape index (κ1) is 22.5. The summed E-state index contributed by atoms with van der Waals surface area (Å²) in [6, 6.07) is 6.31. The van der Waals surface area contributed by atoms with Gasteiger partial charge in [0.25, 0.3) is 0 Å². The highest BCUT2D eigenvalue weighted by Crippen LogP contribution is 2.31. The van der Waals surface area contributed by atoms with Crippen molar-refractivity contribution >= 4 is 5.91 Å². The van der Waals surface area contributed by atoms with Crippen LogP contribution in [0.5, 0.6) is 0 Å². The number of benzene rings is 1. The maximum atomic E-state index is 13.1. The molecular weight excluding hydrogens is 373 g/mol. The van der Waals surface area contributed by atoms with Gasteiger partial charge in [-0.3, -0.25) is 4.79 Å². The topological polar surface area (TPSA) is 20.3 Å². The van der Waals surface area contributed by atoms with Gasteiger partial charge in [-0.25, -0.2) is 4.39 Å². The molecule has 1 unspecified atom stereocenters. The monoisotopic (exact) mass is 409 g/mol. The average Bonchev–Trinajstić information content (AvgIpc) is 2.70. The molecule has 1 fully saturated rings. The molecule has 162 valence electrons. The third-order valence-corrected chi connectivity index (χ3v) is 6.44. The summed E-state index contributed by atoms with van der Waals surface area (Å²) in [7, 11) is 0. The Kier molecular flexibility index (Phi) is 8.48. The Bertz CT molecular complexity index is 803. The normalized spacial score (nSPS) is 26.8. The zero-order chi connectivity index (χ0) is 21.3. The summed E-state index contributed by atoms with van der Waals surface area (Å²) in [5, 5.41) is 0. The van der Waals surface area contributed by atoms with Crippen molar-refractivity contribution in [2.45, 2.75) is 71.6 Å². The van der Waals surface area contributed by atoms with Gasteiger partial charge in [0.15, 0.2) is 0 Å². The first-order valence-electron chi connectivity index (χ1n) is 11.6. The molecule has 1 aliphatic carbocycles. The summed E-state index contributed by atoms with van der Waals surface area (Å²) in [4.78, 5) is 14.9. The Labute approximate surface area is 181 Å². The molecule has 0 N–H and O–H groups in total. The van der Waals surface area contributed by atoms with E-state index < -0.39 is 0 Å². The van der Waals surface area contributed by atoms with E-state index in [1.54, 1.807) is 17.7 Å². The largest absolute Gasteiger partial charge is 0.342 e. The van der Waals surface area contributed by atoms with E-state index in [1.165, 1.54) is 29.7 Å². The smallest absolute Gasteiger partial charge is 0.226 e. The molecule has 1 aromatic rings. The zero-order valence-corrected chi connectivity index (χ0v) is 18.6. The Morgan fingerprint density at radius 1 is 1.03 bits per heavy atom. The van der Waals surface area contributed by atoms with Crippen LogP contribution >= 0.6 is 0 Å². The van der Waals surface area contributed by atoms with Crippen LogP contribution in [0.1, 0.15) is 70.8 Å². The average molecular weight is 410 g/mol. The summed E-state index contributed by atoms with van der Waals surface area (Å²) in [6.45, 7) is 6.20. The number of hydrogen-bond acceptors (Lipinski definition) is 1. The highest BCUT2D eigenvalue weighted by atomic mass is 19.1. The molecule has 2 aliphatic rings. The third-order valence-electron chi connectivity index (χ3n) is 6.44. The second kappa shape index (κ2) is 11.3. The minimum Gasteiger partial charge on any atom is -0.342 e. The van der Waals surface area contributed by atoms with Crippen LogP contribution in [0.2, 0.25) is 0 Å². The fraction of sp³-hybridized carbons (Fsp3) is 0.519. The molecule has 1 heterocycles. The van der Waals surface area contributed by atoms with Crippen molar-refractivity contribution in [2.24, 2.45) is 5.92 Å². The number of rotatable bonds is 2. The van der Waals surface area contributed by atoms with E-state index in [2.05, 4.69) is 32.1 Å². The lowest BCUT2D eigenvalue weighted by Crippen LogP contribution is -2.34. The van der Waals surface area contributed by atoms with E-state index in [4.69, 9.17) is 0 Å². The standard InChI is InChI=1S/C27H36FNO/c1-21-8-6-11-24-10-4-3-5-18-29(19-7-9-22(2)26(24)17-12-21)27(30)20-23-13-15-25(28)16-14-23/h11-17,22H,3-10,18-20H2,1-2H3/b21-12-,24-11-,26-17-. The van der Waals surface area contributed by atoms with Gasteiger partial charge >= 0.3 is 0 Å². The number of hydrogen-bond donors (Lipinski definition) is 0. The molecule has 0 aromatic heterocycles. The van der Waals surface area contributed by atoms with Crippen LogP contribution in [0.15, 0.2) is 59.2 Å². The van der Waals surface area contributed by atoms with Gasteiger partial charge in [0.1, 0.15) is 5.82 Å². The van der Waals surface area contributed by atoms with Gasteiger partial charge in [0.2, 0.25) is 5.91 Å². The van der Waals surface area contributed by atoms with E-state index in [9.17, 15) is 9.18 Å². The molecule has 3 heteroatoms. The summed E-state index contributed by atoms with van der Waals surface area (Å²) in [5.41, 5.74) is 5.39. The van der Waals surface area contributed by atoms with E-state index in [-0.39, 0.29) is 11.7 Å². The third kappa shape index (κ3) is 6.68. The minimum absolute atomic E-state index is 0.163. The first-order chi connectivity index (χ1) is 14.5. The first-order valence-corrected chi connectivity index (χ1v) is 11.6. The lowest BCUT2D eigenvalue weighted by atomic mass is 9.85. The van der Waals surface area contributed by atoms with Crippen molar-refractivity contribution in [2.75, 3.05) is 13.1 Å². The van der Waals surface area contributed by atoms with Crippen molar-refractivity contribution in [3.05, 3.63) is 70.6 Å². The van der Waals surface area contributed by atoms with Crippen LogP contribution in [0.25, 0.3) is 0 Å². The second-order valence-corrected chi connectivity index (χ2v) is 8.94. The number of nitrogens with zero attached hydrogens (tertiary/aromatic N) is 1. The Morgan fingerprint density at radius 3 is 2.60 bits per heavy atom. The summed E-state index contributed by atoms with van der Waals surface area (Å²) < 4.78 is 13.1. The molecule has 1 aliphatic heterocycles. The summed E-state index contributed by atoms with van der Waals surface area (Å²) >= 11 is 0. The Hall–Kier alpha value is -2.16. The van der Waals surface area contributed by atoms with Crippen molar-refractivity contribution in [1.82, 2.24) is 4.90 Å². The SMILES string of the molecule is C/C1=C/C=C2\C(=C/CC1)CCCCCN(C(=O)Cc1ccc(F)cc1)CCCC2C. The van der Waals surface area contributed by atoms with Crippen molar-refractivity contribution in [3.8, 4) is 0 Å². The fourth-order valence-electron chi connectivity index (χ4n) is 4.53. The predicted octanol–water partition coefficient (Wildman–Crippen LogP) is 6.78. The molecule has 3 rings (SSSR count). The van der Waals surface area contributed by atoms with Crippen molar-refractivity contribution in [3.63, 3.8) is 0 Å². The predicted molar refractivity (Wildman–Crippen MR) is 123 cm³/mol. The van der Waals surface area contributed by atoms with Crippen LogP contribution in [0.3, 0.4) is 0 Å². The number of amides is 1. The van der Waals surface area contributed by atoms with Crippen LogP contribution in [-0.2, 0) is 11.2 Å². The van der Waals surface area contributed by atoms with Crippen LogP contribution in [-0.4, -0.2) is 23.9 Å². The number of fused-ring (bicyclic) bond motifs is 1. The Balaban J connectivity index is 1.66. The van der Waals surface area contributed by atoms with Crippen LogP contribution in [0.4, 0.5) is 4.39 Å². The summed E-state index contributed by atoms with van der Waals surface area (Å²) in [6.07, 6.45) is 16.4. The Morgan fingerprint density at radius 2 is 1.80 bits per heavy atom. The molecule has 0 spiro atoms. The molecule has 1 atom stereocenters. The second-order valence-electron chi connectivity index (χ2n) is 8.94. The maximum Gasteiger partial charge on any atom is 0.226 e. The van der Waals surface area contributed by atoms with Gasteiger partial charge < -0.3 is 4.90 Å². The maximum absolute atomic E-state index is 13.1. The van der Waals surface area contributed by atoms with Gasteiger partial charge in [-0.2, -0.15) is 0 Å². The lowest BCUT2D eigenvalue weighted by molar-refractivity contribution is -0.130. The van der Waals surface area contributed by atoms with E-state index in [0.29, 0.717) is 12.3 Å². The zero-order valence-electron chi connectivity index (χ0n) is 18.6. The van der Waals surface area contributed by atoms with Crippen molar-refractivity contribution in [1.29, 1.82) is 0 Å². The van der Waals surface area contributed by atoms with Crippen molar-refractivity contribution < 1.29 is 9.18 Å². The molecule has 30 heavy (non-hydrogen) atoms. The highest BCUT2D eigenvalue weighted by Gasteiger charge is 2.18. The minimum atomic E-state index is -0.256. The van der Waals surface area contributed by atoms with E-state index in [0.717, 1.165) is 63.6 Å². The fourth-order valence-corrected chi connectivity index (χ4v) is 4.53. The van der Waals surface area contributed by atoms with Gasteiger partial charge in [0.05, 0.1) is 6.42 Å². The molecule has 0 radical (unpaired) electrons. The number of carbonyl (C=O) groups is 1. The molecule has 2 nitrogen and oxygen atoms in total. The van der Waals surface area contributed by atoms with E-state index in [1.807, 2.05) is 4.90 Å². The molecule has 0 saturated carbocycles. The lowest BCUT2D eigenvalue weighted by Gasteiger charge is -2.26. The number of allylic oxidation sites excluding steroid dienone is 6. The van der Waals surface area contributed by atoms with Gasteiger partial charge in [-0.05, 0) is 86.6 Å². The molecule has 1 aromatic carbocycles. The van der Waals surface area contributed by atoms with E-state index >= 15 is 0 Å². The number of carbonyl (C=O) groups excluding carboxylic acids is 1. The molecule has 1 saturated heterocycles. The molecule has 0 bridgehead atoms. The van der Waals surface area contributed by atoms with Gasteiger partial charge in [-0.1, -0.05) is 49.3 Å². The van der Waals surface area contributed by atoms with Gasteiger partial charge in [0, 0.05) is 13.1 Å². The highest BCUT2D eigenvalue weighted by molar-refractivity contribution is 5.78. The van der Waals surface area contributed by atoms with Crippen LogP contribution < -0.4 is 0 Å². The van der Waals surface area contributed by atoms with Crippen LogP contribution in [0, 0.1) is 11.7 Å². The quantitative estimate of drug-likeness (QED) is 0.527. The summed E-state index contributed by atoms with van der Waals surface area (Å²) in [5.74, 6) is 0.413. The molecular formula is C27H36FNO.